The van der Waals surface area contributed by atoms with E-state index in [0.29, 0.717) is 12.1 Å². The van der Waals surface area contributed by atoms with Crippen LogP contribution in [-0.2, 0) is 0 Å². The molecular formula is C14H18BrNO3. The van der Waals surface area contributed by atoms with Gasteiger partial charge in [0, 0.05) is 17.4 Å². The van der Waals surface area contributed by atoms with E-state index in [-0.39, 0.29) is 22.8 Å². The van der Waals surface area contributed by atoms with Crippen molar-refractivity contribution < 1.29 is 15.0 Å². The molecule has 0 heterocycles. The first-order valence-corrected chi connectivity index (χ1v) is 7.55. The molecule has 1 aromatic carbocycles. The first-order chi connectivity index (χ1) is 9.06. The molecule has 1 aromatic rings. The molecule has 1 fully saturated rings. The number of halogens is 1. The zero-order chi connectivity index (χ0) is 13.9. The number of phenols is 2. The van der Waals surface area contributed by atoms with E-state index in [9.17, 15) is 15.0 Å². The number of benzene rings is 1. The maximum atomic E-state index is 12.0. The number of carbonyl (C=O) groups excluding carboxylic acids is 1. The lowest BCUT2D eigenvalue weighted by molar-refractivity contribution is 0.0935. The van der Waals surface area contributed by atoms with Crippen molar-refractivity contribution in [1.82, 2.24) is 5.32 Å². The van der Waals surface area contributed by atoms with Crippen molar-refractivity contribution >= 4 is 21.8 Å². The molecule has 1 aliphatic carbocycles. The Morgan fingerprint density at radius 2 is 1.95 bits per heavy atom. The van der Waals surface area contributed by atoms with Crippen molar-refractivity contribution in [2.24, 2.45) is 5.41 Å². The first-order valence-electron chi connectivity index (χ1n) is 6.42. The summed E-state index contributed by atoms with van der Waals surface area (Å²) in [6, 6.07) is 4.10. The highest BCUT2D eigenvalue weighted by Crippen LogP contribution is 2.39. The summed E-state index contributed by atoms with van der Waals surface area (Å²) in [7, 11) is 0. The van der Waals surface area contributed by atoms with Gasteiger partial charge < -0.3 is 15.5 Å². The Morgan fingerprint density at radius 3 is 2.53 bits per heavy atom. The lowest BCUT2D eigenvalue weighted by atomic mass is 9.89. The smallest absolute Gasteiger partial charge is 0.251 e. The Labute approximate surface area is 121 Å². The number of hydrogen-bond donors (Lipinski definition) is 3. The summed E-state index contributed by atoms with van der Waals surface area (Å²) in [5, 5.41) is 22.4. The highest BCUT2D eigenvalue weighted by Gasteiger charge is 2.33. The molecule has 0 radical (unpaired) electrons. The molecule has 0 unspecified atom stereocenters. The zero-order valence-electron chi connectivity index (χ0n) is 10.7. The predicted molar refractivity (Wildman–Crippen MR) is 76.8 cm³/mol. The molecule has 1 saturated carbocycles. The number of nitrogens with one attached hydrogen (secondary N) is 1. The number of hydrogen-bond acceptors (Lipinski definition) is 3. The number of amides is 1. The number of rotatable bonds is 4. The average molecular weight is 328 g/mol. The van der Waals surface area contributed by atoms with Crippen molar-refractivity contribution in [3.05, 3.63) is 23.8 Å². The maximum absolute atomic E-state index is 12.0. The highest BCUT2D eigenvalue weighted by atomic mass is 79.9. The second kappa shape index (κ2) is 5.82. The summed E-state index contributed by atoms with van der Waals surface area (Å²) in [6.07, 6.45) is 4.67. The third kappa shape index (κ3) is 3.21. The van der Waals surface area contributed by atoms with Crippen molar-refractivity contribution in [3.63, 3.8) is 0 Å². The molecule has 19 heavy (non-hydrogen) atoms. The molecule has 3 N–H and O–H groups in total. The molecule has 1 amide bonds. The van der Waals surface area contributed by atoms with Gasteiger partial charge in [0.15, 0.2) is 11.5 Å². The standard InChI is InChI=1S/C14H18BrNO3/c15-8-14(5-1-2-6-14)9-16-13(19)10-3-4-11(17)12(18)7-10/h3-4,7,17-18H,1-2,5-6,8-9H2,(H,16,19). The van der Waals surface area contributed by atoms with E-state index < -0.39 is 0 Å². The van der Waals surface area contributed by atoms with Crippen molar-refractivity contribution in [1.29, 1.82) is 0 Å². The summed E-state index contributed by atoms with van der Waals surface area (Å²) < 4.78 is 0. The number of alkyl halides is 1. The van der Waals surface area contributed by atoms with Gasteiger partial charge in [-0.05, 0) is 36.5 Å². The lowest BCUT2D eigenvalue weighted by Gasteiger charge is -2.26. The summed E-state index contributed by atoms with van der Waals surface area (Å²) >= 11 is 3.54. The van der Waals surface area contributed by atoms with Crippen LogP contribution in [0.2, 0.25) is 0 Å². The van der Waals surface area contributed by atoms with E-state index in [1.807, 2.05) is 0 Å². The van der Waals surface area contributed by atoms with Gasteiger partial charge in [0.05, 0.1) is 0 Å². The van der Waals surface area contributed by atoms with E-state index in [1.165, 1.54) is 31.0 Å². The summed E-state index contributed by atoms with van der Waals surface area (Å²) in [4.78, 5) is 12.0. The minimum Gasteiger partial charge on any atom is -0.504 e. The van der Waals surface area contributed by atoms with Crippen LogP contribution in [0, 0.1) is 5.41 Å². The topological polar surface area (TPSA) is 69.6 Å². The van der Waals surface area contributed by atoms with Gasteiger partial charge in [-0.1, -0.05) is 28.8 Å². The highest BCUT2D eigenvalue weighted by molar-refractivity contribution is 9.09. The van der Waals surface area contributed by atoms with E-state index in [2.05, 4.69) is 21.2 Å². The third-order valence-electron chi connectivity index (χ3n) is 3.81. The van der Waals surface area contributed by atoms with E-state index in [0.717, 1.165) is 18.2 Å². The second-order valence-electron chi connectivity index (χ2n) is 5.23. The first kappa shape index (κ1) is 14.2. The van der Waals surface area contributed by atoms with Crippen LogP contribution in [-0.4, -0.2) is 28.0 Å². The summed E-state index contributed by atoms with van der Waals surface area (Å²) in [5.74, 6) is -0.712. The summed E-state index contributed by atoms with van der Waals surface area (Å²) in [6.45, 7) is 0.638. The van der Waals surface area contributed by atoms with Crippen LogP contribution in [0.25, 0.3) is 0 Å². The minimum atomic E-state index is -0.274. The molecular weight excluding hydrogens is 310 g/mol. The molecule has 0 aromatic heterocycles. The molecule has 0 saturated heterocycles. The quantitative estimate of drug-likeness (QED) is 0.588. The van der Waals surface area contributed by atoms with Crippen LogP contribution in [0.15, 0.2) is 18.2 Å². The SMILES string of the molecule is O=C(NCC1(CBr)CCCC1)c1ccc(O)c(O)c1. The lowest BCUT2D eigenvalue weighted by Crippen LogP contribution is -2.37. The van der Waals surface area contributed by atoms with Gasteiger partial charge in [-0.3, -0.25) is 4.79 Å². The Hall–Kier alpha value is -1.23. The van der Waals surface area contributed by atoms with Crippen LogP contribution < -0.4 is 5.32 Å². The van der Waals surface area contributed by atoms with Crippen LogP contribution in [0.3, 0.4) is 0 Å². The van der Waals surface area contributed by atoms with Crippen molar-refractivity contribution in [2.75, 3.05) is 11.9 Å². The fraction of sp³-hybridized carbons (Fsp3) is 0.500. The predicted octanol–water partition coefficient (Wildman–Crippen LogP) is 2.78. The minimum absolute atomic E-state index is 0.161. The van der Waals surface area contributed by atoms with E-state index in [4.69, 9.17) is 0 Å². The fourth-order valence-electron chi connectivity index (χ4n) is 2.52. The van der Waals surface area contributed by atoms with Gasteiger partial charge in [0.25, 0.3) is 5.91 Å². The molecule has 4 nitrogen and oxygen atoms in total. The van der Waals surface area contributed by atoms with Gasteiger partial charge in [-0.15, -0.1) is 0 Å². The molecule has 5 heteroatoms. The van der Waals surface area contributed by atoms with Crippen molar-refractivity contribution in [3.8, 4) is 11.5 Å². The monoisotopic (exact) mass is 327 g/mol. The molecule has 104 valence electrons. The number of phenolic OH excluding ortho intramolecular Hbond substituents is 2. The average Bonchev–Trinajstić information content (AvgIpc) is 2.89. The molecule has 2 rings (SSSR count). The Bertz CT molecular complexity index is 470. The second-order valence-corrected chi connectivity index (χ2v) is 5.79. The number of carbonyl (C=O) groups is 1. The van der Waals surface area contributed by atoms with Gasteiger partial charge in [0.2, 0.25) is 0 Å². The largest absolute Gasteiger partial charge is 0.504 e. The molecule has 1 aliphatic rings. The summed E-state index contributed by atoms with van der Waals surface area (Å²) in [5.41, 5.74) is 0.521. The van der Waals surface area contributed by atoms with Crippen LogP contribution in [0.1, 0.15) is 36.0 Å². The molecule has 0 atom stereocenters. The fourth-order valence-corrected chi connectivity index (χ4v) is 3.28. The molecule has 0 aliphatic heterocycles. The number of aromatic hydroxyl groups is 2. The van der Waals surface area contributed by atoms with E-state index >= 15 is 0 Å². The Morgan fingerprint density at radius 1 is 1.26 bits per heavy atom. The molecule has 0 bridgehead atoms. The Balaban J connectivity index is 1.99. The van der Waals surface area contributed by atoms with Gasteiger partial charge >= 0.3 is 0 Å². The van der Waals surface area contributed by atoms with Crippen LogP contribution in [0.5, 0.6) is 11.5 Å². The van der Waals surface area contributed by atoms with Crippen LogP contribution in [0.4, 0.5) is 0 Å². The Kier molecular flexibility index (Phi) is 4.34. The van der Waals surface area contributed by atoms with Gasteiger partial charge in [-0.25, -0.2) is 0 Å². The van der Waals surface area contributed by atoms with E-state index in [1.54, 1.807) is 0 Å². The normalized spacial score (nSPS) is 17.3. The van der Waals surface area contributed by atoms with Gasteiger partial charge in [0.1, 0.15) is 0 Å². The molecule has 0 spiro atoms. The third-order valence-corrected chi connectivity index (χ3v) is 5.00. The maximum Gasteiger partial charge on any atom is 0.251 e. The van der Waals surface area contributed by atoms with Gasteiger partial charge in [-0.2, -0.15) is 0 Å². The van der Waals surface area contributed by atoms with Crippen molar-refractivity contribution in [2.45, 2.75) is 25.7 Å². The van der Waals surface area contributed by atoms with Crippen LogP contribution >= 0.6 is 15.9 Å². The zero-order valence-corrected chi connectivity index (χ0v) is 12.2.